The molecule has 2 nitrogen and oxygen atoms in total. The van der Waals surface area contributed by atoms with Gasteiger partial charge in [-0.05, 0) is 37.9 Å². The molecule has 0 heterocycles. The van der Waals surface area contributed by atoms with E-state index in [0.29, 0.717) is 6.42 Å². The van der Waals surface area contributed by atoms with Crippen molar-refractivity contribution in [3.05, 3.63) is 59.3 Å². The first-order chi connectivity index (χ1) is 10.2. The third kappa shape index (κ3) is 2.09. The van der Waals surface area contributed by atoms with Crippen LogP contribution < -0.4 is 10.5 Å². The van der Waals surface area contributed by atoms with E-state index in [-0.39, 0.29) is 5.91 Å². The molecule has 0 aliphatic carbocycles. The molecule has 21 heavy (non-hydrogen) atoms. The Balaban J connectivity index is 2.42. The van der Waals surface area contributed by atoms with Crippen molar-refractivity contribution >= 4 is 40.1 Å². The average Bonchev–Trinajstić information content (AvgIpc) is 2.52. The second-order valence-electron chi connectivity index (χ2n) is 5.18. The van der Waals surface area contributed by atoms with Crippen molar-refractivity contribution in [2.75, 3.05) is 7.05 Å². The van der Waals surface area contributed by atoms with Crippen molar-refractivity contribution in [1.82, 2.24) is 5.32 Å². The fourth-order valence-corrected chi connectivity index (χ4v) is 2.89. The summed E-state index contributed by atoms with van der Waals surface area (Å²) >= 11 is 0. The van der Waals surface area contributed by atoms with Gasteiger partial charge in [0.2, 0.25) is 5.91 Å². The number of rotatable bonds is 3. The van der Waals surface area contributed by atoms with Gasteiger partial charge >= 0.3 is 0 Å². The fourth-order valence-electron chi connectivity index (χ4n) is 2.89. The van der Waals surface area contributed by atoms with Gasteiger partial charge in [0.25, 0.3) is 0 Å². The summed E-state index contributed by atoms with van der Waals surface area (Å²) in [6.07, 6.45) is 2.24. The minimum absolute atomic E-state index is 0.0184. The topological polar surface area (TPSA) is 29.1 Å². The standard InChI is InChI=1S/C19H17NO/c1-4-13-9-10-16-15(11-17(21)20-3)8-7-14-6-5-12(2)18(13)19(14)16/h4-10H,1-2,11H2,3H3,(H,20,21). The first kappa shape index (κ1) is 13.4. The zero-order chi connectivity index (χ0) is 15.0. The molecule has 1 N–H and O–H groups in total. The number of hydrogen-bond acceptors (Lipinski definition) is 1. The molecule has 1 amide bonds. The summed E-state index contributed by atoms with van der Waals surface area (Å²) in [4.78, 5) is 11.7. The molecule has 0 unspecified atom stereocenters. The Hall–Kier alpha value is -2.61. The molecule has 0 saturated carbocycles. The van der Waals surface area contributed by atoms with Gasteiger partial charge in [0.15, 0.2) is 0 Å². The molecule has 0 atom stereocenters. The van der Waals surface area contributed by atoms with E-state index in [4.69, 9.17) is 0 Å². The van der Waals surface area contributed by atoms with Crippen LogP contribution in [0.3, 0.4) is 0 Å². The van der Waals surface area contributed by atoms with E-state index in [1.165, 1.54) is 5.39 Å². The Kier molecular flexibility index (Phi) is 3.22. The highest BCUT2D eigenvalue weighted by molar-refractivity contribution is 6.14. The van der Waals surface area contributed by atoms with Gasteiger partial charge in [-0.15, -0.1) is 0 Å². The van der Waals surface area contributed by atoms with Crippen LogP contribution in [-0.2, 0) is 11.2 Å². The summed E-state index contributed by atoms with van der Waals surface area (Å²) < 4.78 is 0. The second kappa shape index (κ2) is 5.06. The van der Waals surface area contributed by atoms with Gasteiger partial charge in [-0.2, -0.15) is 0 Å². The molecule has 3 aromatic rings. The maximum atomic E-state index is 11.7. The third-order valence-electron chi connectivity index (χ3n) is 3.97. The predicted octanol–water partition coefficient (Wildman–Crippen LogP) is 3.05. The first-order valence-electron chi connectivity index (χ1n) is 6.94. The van der Waals surface area contributed by atoms with Gasteiger partial charge in [0, 0.05) is 7.05 Å². The van der Waals surface area contributed by atoms with E-state index in [2.05, 4.69) is 36.7 Å². The maximum Gasteiger partial charge on any atom is 0.224 e. The fraction of sp³-hybridized carbons (Fsp3) is 0.105. The quantitative estimate of drug-likeness (QED) is 0.782. The molecular formula is C19H17NO. The minimum atomic E-state index is 0.0184. The van der Waals surface area contributed by atoms with Crippen LogP contribution in [0.15, 0.2) is 43.0 Å². The van der Waals surface area contributed by atoms with Crippen molar-refractivity contribution in [3.8, 4) is 0 Å². The molecule has 0 bridgehead atoms. The molecule has 0 aliphatic rings. The Morgan fingerprint density at radius 2 is 1.90 bits per heavy atom. The van der Waals surface area contributed by atoms with E-state index in [1.807, 2.05) is 24.3 Å². The summed E-state index contributed by atoms with van der Waals surface area (Å²) in [5.74, 6) is 0.0184. The Labute approximate surface area is 123 Å². The lowest BCUT2D eigenvalue weighted by atomic mass is 9.92. The normalized spacial score (nSPS) is 10.9. The van der Waals surface area contributed by atoms with Crippen molar-refractivity contribution in [1.29, 1.82) is 0 Å². The lowest BCUT2D eigenvalue weighted by molar-refractivity contribution is -0.119. The van der Waals surface area contributed by atoms with Crippen molar-refractivity contribution in [3.63, 3.8) is 0 Å². The number of amides is 1. The number of carbonyl (C=O) groups excluding carboxylic acids is 1. The zero-order valence-electron chi connectivity index (χ0n) is 12.1. The van der Waals surface area contributed by atoms with Crippen LogP contribution in [0.25, 0.3) is 34.2 Å². The number of nitrogens with one attached hydrogen (secondary N) is 1. The van der Waals surface area contributed by atoms with E-state index >= 15 is 0 Å². The SMILES string of the molecule is C=Cc1ccc2c(CC(=O)NC)ccc3ccc(=C)c1c32. The summed E-state index contributed by atoms with van der Waals surface area (Å²) in [6.45, 7) is 8.03. The van der Waals surface area contributed by atoms with Crippen LogP contribution in [0.1, 0.15) is 11.1 Å². The molecule has 2 heteroatoms. The Morgan fingerprint density at radius 3 is 2.62 bits per heavy atom. The maximum absolute atomic E-state index is 11.7. The van der Waals surface area contributed by atoms with Crippen LogP contribution in [-0.4, -0.2) is 13.0 Å². The average molecular weight is 275 g/mol. The van der Waals surface area contributed by atoms with Gasteiger partial charge in [0.05, 0.1) is 6.42 Å². The summed E-state index contributed by atoms with van der Waals surface area (Å²) in [5.41, 5.74) is 2.11. The number of hydrogen-bond donors (Lipinski definition) is 1. The van der Waals surface area contributed by atoms with Gasteiger partial charge in [-0.3, -0.25) is 4.79 Å². The lowest BCUT2D eigenvalue weighted by Crippen LogP contribution is -2.20. The Morgan fingerprint density at radius 1 is 1.14 bits per heavy atom. The molecule has 0 saturated heterocycles. The molecule has 3 rings (SSSR count). The molecule has 104 valence electrons. The van der Waals surface area contributed by atoms with E-state index in [0.717, 1.165) is 32.5 Å². The monoisotopic (exact) mass is 275 g/mol. The largest absolute Gasteiger partial charge is 0.359 e. The molecule has 0 radical (unpaired) electrons. The molecule has 3 aromatic carbocycles. The summed E-state index contributed by atoms with van der Waals surface area (Å²) in [5, 5.41) is 8.23. The predicted molar refractivity (Wildman–Crippen MR) is 90.1 cm³/mol. The van der Waals surface area contributed by atoms with Crippen LogP contribution in [0, 0.1) is 0 Å². The molecule has 0 aliphatic heterocycles. The smallest absolute Gasteiger partial charge is 0.224 e. The third-order valence-corrected chi connectivity index (χ3v) is 3.97. The lowest BCUT2D eigenvalue weighted by Gasteiger charge is -2.13. The minimum Gasteiger partial charge on any atom is -0.359 e. The molecular weight excluding hydrogens is 258 g/mol. The second-order valence-corrected chi connectivity index (χ2v) is 5.18. The highest BCUT2D eigenvalue weighted by Gasteiger charge is 2.11. The van der Waals surface area contributed by atoms with Crippen LogP contribution >= 0.6 is 0 Å². The number of likely N-dealkylation sites (N-methyl/N-ethyl adjacent to an activating group) is 1. The Bertz CT molecular complexity index is 908. The summed E-state index contributed by atoms with van der Waals surface area (Å²) in [6, 6.07) is 12.3. The highest BCUT2D eigenvalue weighted by atomic mass is 16.1. The first-order valence-corrected chi connectivity index (χ1v) is 6.94. The van der Waals surface area contributed by atoms with Crippen LogP contribution in [0.5, 0.6) is 0 Å². The van der Waals surface area contributed by atoms with E-state index < -0.39 is 0 Å². The van der Waals surface area contributed by atoms with Crippen LogP contribution in [0.2, 0.25) is 0 Å². The van der Waals surface area contributed by atoms with E-state index in [1.54, 1.807) is 7.05 Å². The molecule has 0 aromatic heterocycles. The summed E-state index contributed by atoms with van der Waals surface area (Å²) in [7, 11) is 1.66. The van der Waals surface area contributed by atoms with Crippen LogP contribution in [0.4, 0.5) is 0 Å². The molecule has 0 spiro atoms. The van der Waals surface area contributed by atoms with Gasteiger partial charge < -0.3 is 5.32 Å². The van der Waals surface area contributed by atoms with Gasteiger partial charge in [0.1, 0.15) is 0 Å². The zero-order valence-corrected chi connectivity index (χ0v) is 12.1. The van der Waals surface area contributed by atoms with Crippen molar-refractivity contribution in [2.45, 2.75) is 6.42 Å². The van der Waals surface area contributed by atoms with Crippen molar-refractivity contribution in [2.24, 2.45) is 0 Å². The number of carbonyl (C=O) groups is 1. The number of benzene rings is 3. The van der Waals surface area contributed by atoms with Gasteiger partial charge in [-0.25, -0.2) is 0 Å². The van der Waals surface area contributed by atoms with E-state index in [9.17, 15) is 4.79 Å². The molecule has 0 fully saturated rings. The van der Waals surface area contributed by atoms with Gasteiger partial charge in [-0.1, -0.05) is 55.6 Å². The van der Waals surface area contributed by atoms with Crippen molar-refractivity contribution < 1.29 is 4.79 Å². The highest BCUT2D eigenvalue weighted by Crippen LogP contribution is 2.30.